The maximum absolute atomic E-state index is 12.2. The minimum Gasteiger partial charge on any atom is -0.373 e. The van der Waals surface area contributed by atoms with Crippen LogP contribution >= 0.6 is 23.5 Å². The van der Waals surface area contributed by atoms with Crippen molar-refractivity contribution in [2.75, 3.05) is 36.2 Å². The average molecular weight is 328 g/mol. The van der Waals surface area contributed by atoms with Crippen molar-refractivity contribution in [2.24, 2.45) is 0 Å². The molecule has 0 bridgehead atoms. The molecule has 114 valence electrons. The highest BCUT2D eigenvalue weighted by Gasteiger charge is 2.23. The molecule has 1 aliphatic heterocycles. The quantitative estimate of drug-likeness (QED) is 0.626. The van der Waals surface area contributed by atoms with Gasteiger partial charge in [0, 0.05) is 42.2 Å². The molecule has 1 atom stereocenters. The van der Waals surface area contributed by atoms with Crippen LogP contribution in [-0.4, -0.2) is 51.9 Å². The fourth-order valence-electron chi connectivity index (χ4n) is 1.87. The molecule has 1 amide bonds. The Kier molecular flexibility index (Phi) is 5.68. The molecule has 2 N–H and O–H groups in total. The number of anilines is 1. The first-order chi connectivity index (χ1) is 10.1. The lowest BCUT2D eigenvalue weighted by Gasteiger charge is -2.21. The molecule has 0 aromatic carbocycles. The van der Waals surface area contributed by atoms with Crippen molar-refractivity contribution < 1.29 is 9.72 Å². The predicted molar refractivity (Wildman–Crippen MR) is 86.3 cm³/mol. The Morgan fingerprint density at radius 3 is 3.00 bits per heavy atom. The summed E-state index contributed by atoms with van der Waals surface area (Å²) in [4.78, 5) is 26.5. The predicted octanol–water partition coefficient (Wildman–Crippen LogP) is 1.61. The van der Waals surface area contributed by atoms with Gasteiger partial charge in [0.2, 0.25) is 0 Å². The fourth-order valence-corrected chi connectivity index (χ4v) is 4.48. The first-order valence-electron chi connectivity index (χ1n) is 6.41. The SMILES string of the molecule is CNc1cc(C(=O)NCC2CSCCS2)c([N+](=O)[O-])cn1. The molecule has 1 aromatic rings. The minimum absolute atomic E-state index is 0.0350. The highest BCUT2D eigenvalue weighted by atomic mass is 32.2. The molecule has 2 rings (SSSR count). The van der Waals surface area contributed by atoms with E-state index in [1.165, 1.54) is 6.07 Å². The normalized spacial score (nSPS) is 18.0. The average Bonchev–Trinajstić information content (AvgIpc) is 2.52. The van der Waals surface area contributed by atoms with Crippen molar-refractivity contribution in [1.29, 1.82) is 0 Å². The first-order valence-corrected chi connectivity index (χ1v) is 8.62. The van der Waals surface area contributed by atoms with E-state index in [-0.39, 0.29) is 11.3 Å². The van der Waals surface area contributed by atoms with E-state index >= 15 is 0 Å². The van der Waals surface area contributed by atoms with Gasteiger partial charge in [-0.2, -0.15) is 23.5 Å². The van der Waals surface area contributed by atoms with Gasteiger partial charge in [-0.1, -0.05) is 0 Å². The van der Waals surface area contributed by atoms with Gasteiger partial charge in [0.25, 0.3) is 11.6 Å². The number of aromatic nitrogens is 1. The van der Waals surface area contributed by atoms with Crippen LogP contribution in [0, 0.1) is 10.1 Å². The molecule has 1 fully saturated rings. The molecule has 1 saturated heterocycles. The van der Waals surface area contributed by atoms with Gasteiger partial charge in [-0.05, 0) is 0 Å². The third-order valence-corrected chi connectivity index (χ3v) is 5.80. The highest BCUT2D eigenvalue weighted by Crippen LogP contribution is 2.24. The summed E-state index contributed by atoms with van der Waals surface area (Å²) in [5, 5.41) is 16.9. The van der Waals surface area contributed by atoms with Gasteiger partial charge >= 0.3 is 0 Å². The molecule has 1 unspecified atom stereocenters. The summed E-state index contributed by atoms with van der Waals surface area (Å²) in [5.41, 5.74) is -0.245. The van der Waals surface area contributed by atoms with Crippen LogP contribution in [0.4, 0.5) is 11.5 Å². The lowest BCUT2D eigenvalue weighted by molar-refractivity contribution is -0.385. The van der Waals surface area contributed by atoms with Crippen molar-refractivity contribution in [3.8, 4) is 0 Å². The van der Waals surface area contributed by atoms with Crippen molar-refractivity contribution in [2.45, 2.75) is 5.25 Å². The number of nitrogens with one attached hydrogen (secondary N) is 2. The zero-order valence-corrected chi connectivity index (χ0v) is 13.1. The van der Waals surface area contributed by atoms with Crippen molar-refractivity contribution in [3.63, 3.8) is 0 Å². The molecule has 7 nitrogen and oxygen atoms in total. The van der Waals surface area contributed by atoms with Crippen LogP contribution in [0.25, 0.3) is 0 Å². The van der Waals surface area contributed by atoms with Crippen LogP contribution < -0.4 is 10.6 Å². The highest BCUT2D eigenvalue weighted by molar-refractivity contribution is 8.06. The molecular weight excluding hydrogens is 312 g/mol. The van der Waals surface area contributed by atoms with Crippen LogP contribution in [0.15, 0.2) is 12.3 Å². The van der Waals surface area contributed by atoms with E-state index in [1.807, 2.05) is 23.5 Å². The van der Waals surface area contributed by atoms with Gasteiger partial charge in [-0.25, -0.2) is 4.98 Å². The topological polar surface area (TPSA) is 97.2 Å². The van der Waals surface area contributed by atoms with Gasteiger partial charge in [-0.15, -0.1) is 0 Å². The van der Waals surface area contributed by atoms with E-state index in [4.69, 9.17) is 0 Å². The number of amides is 1. The van der Waals surface area contributed by atoms with E-state index in [9.17, 15) is 14.9 Å². The monoisotopic (exact) mass is 328 g/mol. The van der Waals surface area contributed by atoms with Crippen molar-refractivity contribution in [3.05, 3.63) is 27.9 Å². The Labute approximate surface area is 130 Å². The number of rotatable bonds is 5. The standard InChI is InChI=1S/C12H16N4O3S2/c1-13-11-4-9(10(6-14-11)16(18)19)12(17)15-5-8-7-20-2-3-21-8/h4,6,8H,2-3,5,7H2,1H3,(H,13,14)(H,15,17). The second-order valence-corrected chi connectivity index (χ2v) is 6.93. The third kappa shape index (κ3) is 4.24. The van der Waals surface area contributed by atoms with Crippen LogP contribution in [0.5, 0.6) is 0 Å². The van der Waals surface area contributed by atoms with E-state index in [0.717, 1.165) is 23.5 Å². The molecule has 9 heteroatoms. The number of hydrogen-bond acceptors (Lipinski definition) is 7. The summed E-state index contributed by atoms with van der Waals surface area (Å²) in [6.07, 6.45) is 1.10. The maximum Gasteiger partial charge on any atom is 0.300 e. The van der Waals surface area contributed by atoms with Gasteiger partial charge in [-0.3, -0.25) is 14.9 Å². The van der Waals surface area contributed by atoms with Crippen LogP contribution in [0.2, 0.25) is 0 Å². The maximum atomic E-state index is 12.2. The zero-order valence-electron chi connectivity index (χ0n) is 11.5. The van der Waals surface area contributed by atoms with E-state index in [0.29, 0.717) is 17.6 Å². The second-order valence-electron chi connectivity index (χ2n) is 4.37. The van der Waals surface area contributed by atoms with Crippen LogP contribution in [-0.2, 0) is 0 Å². The molecule has 1 aromatic heterocycles. The van der Waals surface area contributed by atoms with Gasteiger partial charge < -0.3 is 10.6 Å². The molecular formula is C12H16N4O3S2. The molecule has 0 saturated carbocycles. The van der Waals surface area contributed by atoms with E-state index < -0.39 is 10.8 Å². The van der Waals surface area contributed by atoms with Gasteiger partial charge in [0.1, 0.15) is 17.6 Å². The van der Waals surface area contributed by atoms with Gasteiger partial charge in [0.05, 0.1) is 4.92 Å². The number of nitrogens with zero attached hydrogens (tertiary/aromatic N) is 2. The van der Waals surface area contributed by atoms with Gasteiger partial charge in [0.15, 0.2) is 0 Å². The summed E-state index contributed by atoms with van der Waals surface area (Å²) in [7, 11) is 1.64. The molecule has 0 spiro atoms. The first kappa shape index (κ1) is 15.9. The van der Waals surface area contributed by atoms with E-state index in [2.05, 4.69) is 15.6 Å². The summed E-state index contributed by atoms with van der Waals surface area (Å²) >= 11 is 3.69. The Morgan fingerprint density at radius 1 is 1.57 bits per heavy atom. The molecule has 2 heterocycles. The van der Waals surface area contributed by atoms with Crippen molar-refractivity contribution in [1.82, 2.24) is 10.3 Å². The van der Waals surface area contributed by atoms with Crippen molar-refractivity contribution >= 4 is 40.9 Å². The molecule has 1 aliphatic rings. The largest absolute Gasteiger partial charge is 0.373 e. The van der Waals surface area contributed by atoms with Crippen LogP contribution in [0.3, 0.4) is 0 Å². The number of nitro groups is 1. The molecule has 21 heavy (non-hydrogen) atoms. The fraction of sp³-hybridized carbons (Fsp3) is 0.500. The molecule has 0 radical (unpaired) electrons. The van der Waals surface area contributed by atoms with Crippen LogP contribution in [0.1, 0.15) is 10.4 Å². The Morgan fingerprint density at radius 2 is 2.38 bits per heavy atom. The smallest absolute Gasteiger partial charge is 0.300 e. The number of hydrogen-bond donors (Lipinski definition) is 2. The summed E-state index contributed by atoms with van der Waals surface area (Å²) in [5.74, 6) is 3.19. The zero-order chi connectivity index (χ0) is 15.2. The Balaban J connectivity index is 2.07. The Bertz CT molecular complexity index is 535. The molecule has 0 aliphatic carbocycles. The third-order valence-electron chi connectivity index (χ3n) is 2.96. The summed E-state index contributed by atoms with van der Waals surface area (Å²) < 4.78 is 0. The lowest BCUT2D eigenvalue weighted by Crippen LogP contribution is -2.33. The Hall–Kier alpha value is -1.48. The number of carbonyl (C=O) groups excluding carboxylic acids is 1. The number of thioether (sulfide) groups is 2. The number of carbonyl (C=O) groups is 1. The summed E-state index contributed by atoms with van der Waals surface area (Å²) in [6, 6.07) is 1.40. The lowest BCUT2D eigenvalue weighted by atomic mass is 10.2. The second kappa shape index (κ2) is 7.51. The van der Waals surface area contributed by atoms with E-state index in [1.54, 1.807) is 7.05 Å². The minimum atomic E-state index is -0.591. The number of pyridine rings is 1. The summed E-state index contributed by atoms with van der Waals surface area (Å²) in [6.45, 7) is 0.519.